The standard InChI is InChI=1S/C15H22N2O3/c16-11-5-4-8-14(18)17-13(9-10-15(19)20)12-6-2-1-3-7-12/h1-3,6-7,13H,4-5,8-11,16H2,(H,17,18)(H,19,20). The van der Waals surface area contributed by atoms with Crippen LogP contribution in [0.2, 0.25) is 0 Å². The average molecular weight is 278 g/mol. The van der Waals surface area contributed by atoms with Gasteiger partial charge in [0.1, 0.15) is 0 Å². The Hall–Kier alpha value is -1.88. The summed E-state index contributed by atoms with van der Waals surface area (Å²) in [5.41, 5.74) is 6.32. The molecule has 0 saturated heterocycles. The molecule has 1 unspecified atom stereocenters. The van der Waals surface area contributed by atoms with Crippen LogP contribution in [-0.4, -0.2) is 23.5 Å². The molecule has 0 aliphatic heterocycles. The molecule has 0 radical (unpaired) electrons. The first-order chi connectivity index (χ1) is 9.63. The summed E-state index contributed by atoms with van der Waals surface area (Å²) in [6.07, 6.45) is 2.42. The predicted octanol–water partition coefficient (Wildman–Crippen LogP) is 1.84. The minimum Gasteiger partial charge on any atom is -0.481 e. The van der Waals surface area contributed by atoms with Gasteiger partial charge < -0.3 is 16.2 Å². The van der Waals surface area contributed by atoms with Crippen molar-refractivity contribution in [2.75, 3.05) is 6.54 Å². The van der Waals surface area contributed by atoms with E-state index in [0.717, 1.165) is 18.4 Å². The van der Waals surface area contributed by atoms with E-state index >= 15 is 0 Å². The number of carboxylic acids is 1. The van der Waals surface area contributed by atoms with E-state index in [0.29, 0.717) is 19.4 Å². The van der Waals surface area contributed by atoms with E-state index in [4.69, 9.17) is 10.8 Å². The quantitative estimate of drug-likeness (QED) is 0.601. The molecule has 1 atom stereocenters. The van der Waals surface area contributed by atoms with Crippen LogP contribution in [0.4, 0.5) is 0 Å². The van der Waals surface area contributed by atoms with Gasteiger partial charge in [-0.1, -0.05) is 30.3 Å². The van der Waals surface area contributed by atoms with Gasteiger partial charge in [0.25, 0.3) is 0 Å². The highest BCUT2D eigenvalue weighted by Gasteiger charge is 2.15. The van der Waals surface area contributed by atoms with Crippen molar-refractivity contribution in [1.29, 1.82) is 0 Å². The van der Waals surface area contributed by atoms with Crippen LogP contribution in [0.1, 0.15) is 43.7 Å². The molecule has 1 rings (SSSR count). The molecule has 0 aliphatic rings. The minimum atomic E-state index is -0.858. The van der Waals surface area contributed by atoms with E-state index in [9.17, 15) is 9.59 Å². The van der Waals surface area contributed by atoms with Crippen LogP contribution in [0.15, 0.2) is 30.3 Å². The van der Waals surface area contributed by atoms with E-state index in [2.05, 4.69) is 5.32 Å². The lowest BCUT2D eigenvalue weighted by molar-refractivity contribution is -0.137. The Morgan fingerprint density at radius 1 is 1.15 bits per heavy atom. The number of carbonyl (C=O) groups is 2. The lowest BCUT2D eigenvalue weighted by Gasteiger charge is -2.18. The number of nitrogens with one attached hydrogen (secondary N) is 1. The van der Waals surface area contributed by atoms with E-state index in [1.807, 2.05) is 30.3 Å². The van der Waals surface area contributed by atoms with Crippen molar-refractivity contribution in [2.24, 2.45) is 5.73 Å². The molecular formula is C15H22N2O3. The van der Waals surface area contributed by atoms with Gasteiger partial charge in [0, 0.05) is 12.8 Å². The fourth-order valence-electron chi connectivity index (χ4n) is 1.97. The number of carboxylic acid groups (broad SMARTS) is 1. The Bertz CT molecular complexity index is 420. The Labute approximate surface area is 119 Å². The van der Waals surface area contributed by atoms with Crippen molar-refractivity contribution in [3.05, 3.63) is 35.9 Å². The Kier molecular flexibility index (Phi) is 7.35. The van der Waals surface area contributed by atoms with Crippen molar-refractivity contribution in [2.45, 2.75) is 38.1 Å². The average Bonchev–Trinajstić information content (AvgIpc) is 2.44. The topological polar surface area (TPSA) is 92.4 Å². The summed E-state index contributed by atoms with van der Waals surface area (Å²) in [6, 6.07) is 9.19. The SMILES string of the molecule is NCCCCC(=O)NC(CCC(=O)O)c1ccccc1. The molecule has 5 heteroatoms. The van der Waals surface area contributed by atoms with Crippen LogP contribution in [-0.2, 0) is 9.59 Å². The maximum atomic E-state index is 11.8. The van der Waals surface area contributed by atoms with Gasteiger partial charge in [-0.2, -0.15) is 0 Å². The summed E-state index contributed by atoms with van der Waals surface area (Å²) in [5.74, 6) is -0.916. The minimum absolute atomic E-state index is 0.0304. The van der Waals surface area contributed by atoms with Gasteiger partial charge in [0.15, 0.2) is 0 Å². The molecule has 0 fully saturated rings. The van der Waals surface area contributed by atoms with Crippen LogP contribution >= 0.6 is 0 Å². The molecule has 5 nitrogen and oxygen atoms in total. The van der Waals surface area contributed by atoms with E-state index < -0.39 is 5.97 Å². The molecule has 0 aromatic heterocycles. The van der Waals surface area contributed by atoms with Crippen LogP contribution in [0.25, 0.3) is 0 Å². The number of aliphatic carboxylic acids is 1. The van der Waals surface area contributed by atoms with Gasteiger partial charge in [0.05, 0.1) is 6.04 Å². The van der Waals surface area contributed by atoms with Crippen LogP contribution in [0.3, 0.4) is 0 Å². The van der Waals surface area contributed by atoms with E-state index in [1.165, 1.54) is 0 Å². The third kappa shape index (κ3) is 6.33. The fourth-order valence-corrected chi connectivity index (χ4v) is 1.97. The highest BCUT2D eigenvalue weighted by atomic mass is 16.4. The number of carbonyl (C=O) groups excluding carboxylic acids is 1. The van der Waals surface area contributed by atoms with Crippen LogP contribution in [0.5, 0.6) is 0 Å². The van der Waals surface area contributed by atoms with Crippen LogP contribution in [0, 0.1) is 0 Å². The van der Waals surface area contributed by atoms with Crippen molar-refractivity contribution >= 4 is 11.9 Å². The fraction of sp³-hybridized carbons (Fsp3) is 0.467. The maximum Gasteiger partial charge on any atom is 0.303 e. The molecule has 0 aliphatic carbocycles. The Morgan fingerprint density at radius 2 is 1.85 bits per heavy atom. The van der Waals surface area contributed by atoms with Crippen molar-refractivity contribution in [1.82, 2.24) is 5.32 Å². The summed E-state index contributed by atoms with van der Waals surface area (Å²) in [7, 11) is 0. The summed E-state index contributed by atoms with van der Waals surface area (Å²) in [4.78, 5) is 22.6. The largest absolute Gasteiger partial charge is 0.481 e. The van der Waals surface area contributed by atoms with Gasteiger partial charge in [-0.25, -0.2) is 0 Å². The second-order valence-electron chi connectivity index (χ2n) is 4.71. The number of hydrogen-bond acceptors (Lipinski definition) is 3. The predicted molar refractivity (Wildman–Crippen MR) is 77.1 cm³/mol. The maximum absolute atomic E-state index is 11.8. The van der Waals surface area contributed by atoms with Crippen molar-refractivity contribution in [3.63, 3.8) is 0 Å². The monoisotopic (exact) mass is 278 g/mol. The summed E-state index contributed by atoms with van der Waals surface area (Å²) in [5, 5.41) is 11.7. The first kappa shape index (κ1) is 16.2. The first-order valence-electron chi connectivity index (χ1n) is 6.89. The van der Waals surface area contributed by atoms with Crippen molar-refractivity contribution < 1.29 is 14.7 Å². The van der Waals surface area contributed by atoms with Crippen molar-refractivity contribution in [3.8, 4) is 0 Å². The molecule has 1 aromatic carbocycles. The highest BCUT2D eigenvalue weighted by molar-refractivity contribution is 5.76. The normalized spacial score (nSPS) is 11.8. The zero-order chi connectivity index (χ0) is 14.8. The molecule has 110 valence electrons. The van der Waals surface area contributed by atoms with Gasteiger partial charge in [0.2, 0.25) is 5.91 Å². The third-order valence-electron chi connectivity index (χ3n) is 3.04. The zero-order valence-corrected chi connectivity index (χ0v) is 11.5. The third-order valence-corrected chi connectivity index (χ3v) is 3.04. The smallest absolute Gasteiger partial charge is 0.303 e. The van der Waals surface area contributed by atoms with Gasteiger partial charge >= 0.3 is 5.97 Å². The lowest BCUT2D eigenvalue weighted by Crippen LogP contribution is -2.28. The van der Waals surface area contributed by atoms with E-state index in [1.54, 1.807) is 0 Å². The number of benzene rings is 1. The number of unbranched alkanes of at least 4 members (excludes halogenated alkanes) is 1. The summed E-state index contributed by atoms with van der Waals surface area (Å²) < 4.78 is 0. The zero-order valence-electron chi connectivity index (χ0n) is 11.5. The molecule has 4 N–H and O–H groups in total. The molecule has 1 amide bonds. The Morgan fingerprint density at radius 3 is 2.45 bits per heavy atom. The Balaban J connectivity index is 2.58. The number of rotatable bonds is 9. The van der Waals surface area contributed by atoms with Crippen LogP contribution < -0.4 is 11.1 Å². The first-order valence-corrected chi connectivity index (χ1v) is 6.89. The lowest BCUT2D eigenvalue weighted by atomic mass is 10.0. The number of nitrogens with two attached hydrogens (primary N) is 1. The molecule has 20 heavy (non-hydrogen) atoms. The molecule has 0 spiro atoms. The highest BCUT2D eigenvalue weighted by Crippen LogP contribution is 2.18. The summed E-state index contributed by atoms with van der Waals surface area (Å²) >= 11 is 0. The molecule has 0 bridgehead atoms. The number of amides is 1. The summed E-state index contributed by atoms with van der Waals surface area (Å²) in [6.45, 7) is 0.578. The van der Waals surface area contributed by atoms with Gasteiger partial charge in [-0.15, -0.1) is 0 Å². The second kappa shape index (κ2) is 9.09. The molecule has 0 saturated carbocycles. The molecular weight excluding hydrogens is 256 g/mol. The van der Waals surface area contributed by atoms with E-state index in [-0.39, 0.29) is 18.4 Å². The number of hydrogen-bond donors (Lipinski definition) is 3. The molecule has 0 heterocycles. The second-order valence-corrected chi connectivity index (χ2v) is 4.71. The van der Waals surface area contributed by atoms with Gasteiger partial charge in [-0.05, 0) is 31.4 Å². The van der Waals surface area contributed by atoms with Gasteiger partial charge in [-0.3, -0.25) is 9.59 Å². The molecule has 1 aromatic rings.